The van der Waals surface area contributed by atoms with Gasteiger partial charge in [0, 0.05) is 13.5 Å². The van der Waals surface area contributed by atoms with Crippen LogP contribution in [0.25, 0.3) is 0 Å². The third-order valence-corrected chi connectivity index (χ3v) is 6.46. The minimum atomic E-state index is -5.10. The van der Waals surface area contributed by atoms with E-state index in [1.54, 1.807) is 37.8 Å². The molecular weight excluding hydrogens is 487 g/mol. The van der Waals surface area contributed by atoms with Crippen LogP contribution in [0.5, 0.6) is 11.5 Å². The Morgan fingerprint density at radius 2 is 1.36 bits per heavy atom. The summed E-state index contributed by atoms with van der Waals surface area (Å²) in [5, 5.41) is 0. The first-order valence-corrected chi connectivity index (χ1v) is 20.9. The molecule has 33 heavy (non-hydrogen) atoms. The van der Waals surface area contributed by atoms with Crippen LogP contribution < -0.4 is 8.85 Å². The summed E-state index contributed by atoms with van der Waals surface area (Å²) in [6.07, 6.45) is -5.26. The number of rotatable bonds is 9. The van der Waals surface area contributed by atoms with E-state index in [2.05, 4.69) is 0 Å². The molecule has 0 saturated heterocycles. The monoisotopic (exact) mass is 523 g/mol. The zero-order valence-electron chi connectivity index (χ0n) is 21.1. The van der Waals surface area contributed by atoms with Gasteiger partial charge >= 0.3 is 18.1 Å². The van der Waals surface area contributed by atoms with Crippen molar-refractivity contribution in [2.24, 2.45) is 0 Å². The standard InChI is InChI=1S/C21H36F3NO5Si3/c1-25(20(27)21(22,23)24)16(19(26)30-33(8,9)10)13-15-11-12-17(28-31(2,3)4)18(14-15)29-32(5,6)7/h11-12,14,16H,13H2,1-10H3. The molecule has 1 atom stereocenters. The van der Waals surface area contributed by atoms with E-state index in [1.807, 2.05) is 39.3 Å². The van der Waals surface area contributed by atoms with E-state index in [1.165, 1.54) is 0 Å². The van der Waals surface area contributed by atoms with Crippen molar-refractivity contribution < 1.29 is 36.0 Å². The second kappa shape index (κ2) is 10.2. The molecule has 0 fully saturated rings. The van der Waals surface area contributed by atoms with E-state index < -0.39 is 49.0 Å². The molecule has 1 unspecified atom stereocenters. The molecule has 0 spiro atoms. The van der Waals surface area contributed by atoms with Crippen LogP contribution in [0.1, 0.15) is 5.56 Å². The minimum absolute atomic E-state index is 0.156. The number of nitrogens with zero attached hydrogens (tertiary/aromatic N) is 1. The molecule has 0 radical (unpaired) electrons. The van der Waals surface area contributed by atoms with Crippen LogP contribution >= 0.6 is 0 Å². The zero-order chi connectivity index (χ0) is 26.0. The SMILES string of the molecule is CN(C(=O)C(F)(F)F)C(Cc1ccc(O[Si](C)(C)C)c(O[Si](C)(C)C)c1)C(=O)O[Si](C)(C)C. The quantitative estimate of drug-likeness (QED) is 0.404. The second-order valence-electron chi connectivity index (χ2n) is 10.9. The molecule has 1 amide bonds. The summed E-state index contributed by atoms with van der Waals surface area (Å²) in [4.78, 5) is 25.1. The molecule has 188 valence electrons. The van der Waals surface area contributed by atoms with Crippen molar-refractivity contribution in [3.63, 3.8) is 0 Å². The summed E-state index contributed by atoms with van der Waals surface area (Å²) >= 11 is 0. The summed E-state index contributed by atoms with van der Waals surface area (Å²) < 4.78 is 57.0. The smallest absolute Gasteiger partial charge is 0.471 e. The number of amides is 1. The molecule has 12 heteroatoms. The van der Waals surface area contributed by atoms with Crippen LogP contribution in [0.2, 0.25) is 58.9 Å². The normalized spacial score (nSPS) is 13.8. The topological polar surface area (TPSA) is 65.1 Å². The van der Waals surface area contributed by atoms with Crippen LogP contribution in [-0.2, 0) is 20.4 Å². The highest BCUT2D eigenvalue weighted by molar-refractivity contribution is 6.71. The summed E-state index contributed by atoms with van der Waals surface area (Å²) in [6, 6.07) is 3.62. The van der Waals surface area contributed by atoms with Crippen molar-refractivity contribution in [2.75, 3.05) is 7.05 Å². The lowest BCUT2D eigenvalue weighted by molar-refractivity contribution is -0.187. The molecule has 1 aromatic rings. The Hall–Kier alpha value is -1.80. The van der Waals surface area contributed by atoms with Gasteiger partial charge in [-0.15, -0.1) is 0 Å². The maximum Gasteiger partial charge on any atom is 0.471 e. The first-order valence-electron chi connectivity index (χ1n) is 10.7. The Bertz CT molecular complexity index is 859. The molecule has 0 aliphatic rings. The van der Waals surface area contributed by atoms with Gasteiger partial charge in [0.15, 0.2) is 0 Å². The molecule has 1 rings (SSSR count). The number of alkyl halides is 3. The van der Waals surface area contributed by atoms with Gasteiger partial charge in [-0.1, -0.05) is 6.07 Å². The summed E-state index contributed by atoms with van der Waals surface area (Å²) in [7, 11) is -5.46. The highest BCUT2D eigenvalue weighted by Crippen LogP contribution is 2.33. The van der Waals surface area contributed by atoms with E-state index >= 15 is 0 Å². The van der Waals surface area contributed by atoms with Gasteiger partial charge in [-0.25, -0.2) is 0 Å². The zero-order valence-corrected chi connectivity index (χ0v) is 24.1. The van der Waals surface area contributed by atoms with Gasteiger partial charge in [0.25, 0.3) is 0 Å². The summed E-state index contributed by atoms with van der Waals surface area (Å²) in [6.45, 7) is 17.3. The highest BCUT2D eigenvalue weighted by Gasteiger charge is 2.45. The van der Waals surface area contributed by atoms with Crippen molar-refractivity contribution >= 4 is 36.8 Å². The minimum Gasteiger partial charge on any atom is -0.542 e. The van der Waals surface area contributed by atoms with E-state index in [-0.39, 0.29) is 6.42 Å². The molecular formula is C21H36F3NO5Si3. The van der Waals surface area contributed by atoms with Crippen molar-refractivity contribution in [3.8, 4) is 11.5 Å². The molecule has 0 heterocycles. The average molecular weight is 524 g/mol. The van der Waals surface area contributed by atoms with E-state index in [0.29, 0.717) is 22.0 Å². The molecule has 0 aromatic heterocycles. The molecule has 0 aliphatic carbocycles. The lowest BCUT2D eigenvalue weighted by Crippen LogP contribution is -2.51. The Kier molecular flexibility index (Phi) is 9.05. The molecule has 0 bridgehead atoms. The number of carbonyl (C=O) groups excluding carboxylic acids is 2. The van der Waals surface area contributed by atoms with Gasteiger partial charge in [-0.3, -0.25) is 9.59 Å². The van der Waals surface area contributed by atoms with E-state index in [4.69, 9.17) is 13.3 Å². The van der Waals surface area contributed by atoms with Gasteiger partial charge in [0.05, 0.1) is 0 Å². The lowest BCUT2D eigenvalue weighted by atomic mass is 10.0. The molecule has 0 N–H and O–H groups in total. The number of hydrogen-bond acceptors (Lipinski definition) is 5. The fourth-order valence-corrected chi connectivity index (χ4v) is 5.20. The van der Waals surface area contributed by atoms with Gasteiger partial charge in [-0.05, 0) is 76.6 Å². The number of halogens is 3. The van der Waals surface area contributed by atoms with Crippen LogP contribution in [0, 0.1) is 0 Å². The fraction of sp³-hybridized carbons (Fsp3) is 0.619. The van der Waals surface area contributed by atoms with E-state index in [9.17, 15) is 22.8 Å². The third-order valence-electron chi connectivity index (χ3n) is 3.98. The maximum absolute atomic E-state index is 13.1. The third kappa shape index (κ3) is 10.3. The summed E-state index contributed by atoms with van der Waals surface area (Å²) in [5.41, 5.74) is 0.533. The largest absolute Gasteiger partial charge is 0.542 e. The van der Waals surface area contributed by atoms with Crippen molar-refractivity contribution in [3.05, 3.63) is 23.8 Å². The molecule has 6 nitrogen and oxygen atoms in total. The van der Waals surface area contributed by atoms with Crippen LogP contribution in [-0.4, -0.2) is 61.0 Å². The van der Waals surface area contributed by atoms with Gasteiger partial charge in [-0.2, -0.15) is 13.2 Å². The van der Waals surface area contributed by atoms with Crippen molar-refractivity contribution in [1.29, 1.82) is 0 Å². The Morgan fingerprint density at radius 3 is 1.79 bits per heavy atom. The van der Waals surface area contributed by atoms with Gasteiger partial charge < -0.3 is 18.2 Å². The van der Waals surface area contributed by atoms with Crippen LogP contribution in [0.4, 0.5) is 13.2 Å². The molecule has 1 aromatic carbocycles. The van der Waals surface area contributed by atoms with Gasteiger partial charge in [0.2, 0.25) is 25.0 Å². The average Bonchev–Trinajstić information content (AvgIpc) is 2.55. The predicted molar refractivity (Wildman–Crippen MR) is 130 cm³/mol. The fourth-order valence-electron chi connectivity index (χ4n) is 2.82. The Morgan fingerprint density at radius 1 is 0.879 bits per heavy atom. The number of likely N-dealkylation sites (N-methyl/N-ethyl adjacent to an activating group) is 1. The summed E-state index contributed by atoms with van der Waals surface area (Å²) in [5.74, 6) is -1.92. The first-order chi connectivity index (χ1) is 14.6. The lowest BCUT2D eigenvalue weighted by Gasteiger charge is -2.30. The number of benzene rings is 1. The maximum atomic E-state index is 13.1. The number of carbonyl (C=O) groups is 2. The number of hydrogen-bond donors (Lipinski definition) is 0. The van der Waals surface area contributed by atoms with Crippen molar-refractivity contribution in [2.45, 2.75) is 77.6 Å². The van der Waals surface area contributed by atoms with Crippen LogP contribution in [0.15, 0.2) is 18.2 Å². The molecule has 0 saturated carbocycles. The molecule has 0 aliphatic heterocycles. The Balaban J connectivity index is 3.41. The predicted octanol–water partition coefficient (Wildman–Crippen LogP) is 5.42. The second-order valence-corrected chi connectivity index (χ2v) is 24.2. The highest BCUT2D eigenvalue weighted by atomic mass is 28.4. The van der Waals surface area contributed by atoms with Crippen LogP contribution in [0.3, 0.4) is 0 Å². The Labute approximate surface area is 197 Å². The first kappa shape index (κ1) is 29.2. The van der Waals surface area contributed by atoms with E-state index in [0.717, 1.165) is 7.05 Å². The van der Waals surface area contributed by atoms with Gasteiger partial charge in [0.1, 0.15) is 17.5 Å². The van der Waals surface area contributed by atoms with Crippen molar-refractivity contribution in [1.82, 2.24) is 4.90 Å².